The van der Waals surface area contributed by atoms with E-state index >= 15 is 0 Å². The fourth-order valence-electron chi connectivity index (χ4n) is 2.21. The van der Waals surface area contributed by atoms with E-state index in [4.69, 9.17) is 15.2 Å². The summed E-state index contributed by atoms with van der Waals surface area (Å²) in [5, 5.41) is 0. The van der Waals surface area contributed by atoms with Crippen molar-refractivity contribution >= 4 is 5.82 Å². The van der Waals surface area contributed by atoms with Gasteiger partial charge < -0.3 is 15.2 Å². The molecule has 5 nitrogen and oxygen atoms in total. The number of nitrogens with two attached hydrogens (primary N) is 1. The number of ether oxygens (including phenoxy) is 2. The van der Waals surface area contributed by atoms with E-state index in [-0.39, 0.29) is 0 Å². The fraction of sp³-hybridized carbons (Fsp3) is 0.375. The molecule has 0 saturated carbocycles. The molecule has 2 aromatic rings. The summed E-state index contributed by atoms with van der Waals surface area (Å²) in [6.07, 6.45) is 2.56. The third-order valence-corrected chi connectivity index (χ3v) is 3.16. The standard InChI is InChI=1S/C16H21N3O2/c1-4-5-12-10-15(17)19-16(18-12)9-11-6-7-13(20-2)14(8-11)21-3/h6-8,10H,4-5,9H2,1-3H3,(H2,17,18,19). The molecule has 21 heavy (non-hydrogen) atoms. The van der Waals surface area contributed by atoms with Gasteiger partial charge in [-0.15, -0.1) is 0 Å². The summed E-state index contributed by atoms with van der Waals surface area (Å²) in [5.74, 6) is 2.66. The average Bonchev–Trinajstić information content (AvgIpc) is 2.46. The second-order valence-corrected chi connectivity index (χ2v) is 4.82. The average molecular weight is 287 g/mol. The first-order chi connectivity index (χ1) is 10.2. The normalized spacial score (nSPS) is 10.4. The molecule has 2 rings (SSSR count). The number of aryl methyl sites for hydroxylation is 1. The number of methoxy groups -OCH3 is 2. The van der Waals surface area contributed by atoms with Crippen molar-refractivity contribution < 1.29 is 9.47 Å². The van der Waals surface area contributed by atoms with E-state index in [9.17, 15) is 0 Å². The maximum absolute atomic E-state index is 5.85. The second kappa shape index (κ2) is 6.92. The number of nitrogen functional groups attached to an aromatic ring is 1. The molecule has 0 aliphatic rings. The molecular weight excluding hydrogens is 266 g/mol. The highest BCUT2D eigenvalue weighted by atomic mass is 16.5. The van der Waals surface area contributed by atoms with E-state index in [1.807, 2.05) is 24.3 Å². The van der Waals surface area contributed by atoms with Gasteiger partial charge in [0.05, 0.1) is 14.2 Å². The molecular formula is C16H21N3O2. The van der Waals surface area contributed by atoms with E-state index in [2.05, 4.69) is 16.9 Å². The van der Waals surface area contributed by atoms with Crippen molar-refractivity contribution in [1.82, 2.24) is 9.97 Å². The monoisotopic (exact) mass is 287 g/mol. The Kier molecular flexibility index (Phi) is 4.98. The molecule has 0 saturated heterocycles. The van der Waals surface area contributed by atoms with Crippen molar-refractivity contribution in [3.8, 4) is 11.5 Å². The number of hydrogen-bond donors (Lipinski definition) is 1. The molecule has 5 heteroatoms. The third kappa shape index (κ3) is 3.84. The summed E-state index contributed by atoms with van der Waals surface area (Å²) in [6.45, 7) is 2.12. The highest BCUT2D eigenvalue weighted by Crippen LogP contribution is 2.28. The Bertz CT molecular complexity index is 614. The van der Waals surface area contributed by atoms with Gasteiger partial charge >= 0.3 is 0 Å². The summed E-state index contributed by atoms with van der Waals surface area (Å²) in [6, 6.07) is 7.63. The number of rotatable bonds is 6. The molecule has 0 spiro atoms. The summed E-state index contributed by atoms with van der Waals surface area (Å²) in [7, 11) is 3.24. The second-order valence-electron chi connectivity index (χ2n) is 4.82. The Balaban J connectivity index is 2.25. The van der Waals surface area contributed by atoms with Crippen molar-refractivity contribution in [3.63, 3.8) is 0 Å². The number of anilines is 1. The molecule has 0 aliphatic carbocycles. The van der Waals surface area contributed by atoms with Gasteiger partial charge in [-0.2, -0.15) is 0 Å². The molecule has 2 N–H and O–H groups in total. The van der Waals surface area contributed by atoms with Crippen LogP contribution >= 0.6 is 0 Å². The van der Waals surface area contributed by atoms with E-state index in [1.165, 1.54) is 0 Å². The van der Waals surface area contributed by atoms with Crippen molar-refractivity contribution in [1.29, 1.82) is 0 Å². The topological polar surface area (TPSA) is 70.3 Å². The minimum Gasteiger partial charge on any atom is -0.493 e. The summed E-state index contributed by atoms with van der Waals surface area (Å²) in [5.41, 5.74) is 7.89. The minimum absolute atomic E-state index is 0.518. The highest BCUT2D eigenvalue weighted by molar-refractivity contribution is 5.43. The predicted octanol–water partition coefficient (Wildman–Crippen LogP) is 2.62. The number of hydrogen-bond acceptors (Lipinski definition) is 5. The van der Waals surface area contributed by atoms with Crippen LogP contribution in [-0.2, 0) is 12.8 Å². The van der Waals surface area contributed by atoms with Crippen molar-refractivity contribution in [3.05, 3.63) is 41.3 Å². The summed E-state index contributed by atoms with van der Waals surface area (Å²) in [4.78, 5) is 8.86. The van der Waals surface area contributed by atoms with Gasteiger partial charge in [0.2, 0.25) is 0 Å². The number of benzene rings is 1. The first-order valence-electron chi connectivity index (χ1n) is 6.99. The van der Waals surface area contributed by atoms with Crippen LogP contribution in [0.25, 0.3) is 0 Å². The molecule has 0 radical (unpaired) electrons. The van der Waals surface area contributed by atoms with Gasteiger partial charge in [-0.25, -0.2) is 9.97 Å². The zero-order chi connectivity index (χ0) is 15.2. The van der Waals surface area contributed by atoms with Gasteiger partial charge in [0, 0.05) is 18.2 Å². The lowest BCUT2D eigenvalue weighted by Crippen LogP contribution is -2.04. The zero-order valence-corrected chi connectivity index (χ0v) is 12.7. The minimum atomic E-state index is 0.518. The third-order valence-electron chi connectivity index (χ3n) is 3.16. The lowest BCUT2D eigenvalue weighted by atomic mass is 10.1. The van der Waals surface area contributed by atoms with Gasteiger partial charge in [0.25, 0.3) is 0 Å². The summed E-state index contributed by atoms with van der Waals surface area (Å²) >= 11 is 0. The largest absolute Gasteiger partial charge is 0.493 e. The van der Waals surface area contributed by atoms with Crippen molar-refractivity contribution in [2.75, 3.05) is 20.0 Å². The van der Waals surface area contributed by atoms with Crippen LogP contribution in [-0.4, -0.2) is 24.2 Å². The first kappa shape index (κ1) is 15.1. The lowest BCUT2D eigenvalue weighted by molar-refractivity contribution is 0.354. The van der Waals surface area contributed by atoms with E-state index in [0.29, 0.717) is 23.7 Å². The Morgan fingerprint density at radius 3 is 2.48 bits per heavy atom. The van der Waals surface area contributed by atoms with E-state index in [1.54, 1.807) is 14.2 Å². The maximum atomic E-state index is 5.85. The Labute approximate surface area is 125 Å². The van der Waals surface area contributed by atoms with Crippen LogP contribution in [0.2, 0.25) is 0 Å². The van der Waals surface area contributed by atoms with Gasteiger partial charge in [-0.05, 0) is 24.1 Å². The van der Waals surface area contributed by atoms with Crippen LogP contribution in [0.4, 0.5) is 5.82 Å². The summed E-state index contributed by atoms with van der Waals surface area (Å²) < 4.78 is 10.5. The molecule has 0 aliphatic heterocycles. The SMILES string of the molecule is CCCc1cc(N)nc(Cc2ccc(OC)c(OC)c2)n1. The Morgan fingerprint density at radius 2 is 1.81 bits per heavy atom. The molecule has 0 amide bonds. The molecule has 0 fully saturated rings. The van der Waals surface area contributed by atoms with Gasteiger partial charge in [0.15, 0.2) is 11.5 Å². The smallest absolute Gasteiger partial charge is 0.161 e. The van der Waals surface area contributed by atoms with E-state index in [0.717, 1.165) is 29.9 Å². The van der Waals surface area contributed by atoms with Crippen LogP contribution in [0.5, 0.6) is 11.5 Å². The molecule has 0 atom stereocenters. The Hall–Kier alpha value is -2.30. The molecule has 1 heterocycles. The van der Waals surface area contributed by atoms with Crippen LogP contribution in [0.3, 0.4) is 0 Å². The predicted molar refractivity (Wildman–Crippen MR) is 82.8 cm³/mol. The number of nitrogens with zero attached hydrogens (tertiary/aromatic N) is 2. The van der Waals surface area contributed by atoms with E-state index < -0.39 is 0 Å². The van der Waals surface area contributed by atoms with Gasteiger partial charge in [-0.1, -0.05) is 19.4 Å². The molecule has 1 aromatic heterocycles. The molecule has 112 valence electrons. The quantitative estimate of drug-likeness (QED) is 0.884. The zero-order valence-electron chi connectivity index (χ0n) is 12.7. The number of aromatic nitrogens is 2. The van der Waals surface area contributed by atoms with Crippen LogP contribution in [0.15, 0.2) is 24.3 Å². The molecule has 0 bridgehead atoms. The van der Waals surface area contributed by atoms with Crippen LogP contribution < -0.4 is 15.2 Å². The first-order valence-corrected chi connectivity index (χ1v) is 6.99. The maximum Gasteiger partial charge on any atom is 0.161 e. The Morgan fingerprint density at radius 1 is 1.05 bits per heavy atom. The molecule has 0 unspecified atom stereocenters. The lowest BCUT2D eigenvalue weighted by Gasteiger charge is -2.10. The fourth-order valence-corrected chi connectivity index (χ4v) is 2.21. The van der Waals surface area contributed by atoms with Gasteiger partial charge in [0.1, 0.15) is 11.6 Å². The van der Waals surface area contributed by atoms with Gasteiger partial charge in [-0.3, -0.25) is 0 Å². The van der Waals surface area contributed by atoms with Crippen LogP contribution in [0.1, 0.15) is 30.4 Å². The van der Waals surface area contributed by atoms with Crippen molar-refractivity contribution in [2.45, 2.75) is 26.2 Å². The van der Waals surface area contributed by atoms with Crippen LogP contribution in [0, 0.1) is 0 Å². The highest BCUT2D eigenvalue weighted by Gasteiger charge is 2.08. The molecule has 1 aromatic carbocycles. The van der Waals surface area contributed by atoms with Crippen molar-refractivity contribution in [2.24, 2.45) is 0 Å².